The van der Waals surface area contributed by atoms with Crippen LogP contribution >= 0.6 is 0 Å². The van der Waals surface area contributed by atoms with Crippen molar-refractivity contribution >= 4 is 0 Å². The van der Waals surface area contributed by atoms with Crippen molar-refractivity contribution < 1.29 is 4.74 Å². The van der Waals surface area contributed by atoms with Crippen LogP contribution in [0.4, 0.5) is 0 Å². The third-order valence-electron chi connectivity index (χ3n) is 2.47. The van der Waals surface area contributed by atoms with Gasteiger partial charge in [-0.25, -0.2) is 0 Å². The van der Waals surface area contributed by atoms with E-state index in [1.54, 1.807) is 0 Å². The Morgan fingerprint density at radius 3 is 3.06 bits per heavy atom. The van der Waals surface area contributed by atoms with E-state index in [9.17, 15) is 0 Å². The smallest absolute Gasteiger partial charge is 0.0591 e. The van der Waals surface area contributed by atoms with Crippen molar-refractivity contribution in [2.24, 2.45) is 7.05 Å². The molecule has 0 fully saturated rings. The minimum absolute atomic E-state index is 0.301. The van der Waals surface area contributed by atoms with Gasteiger partial charge in [0.25, 0.3) is 0 Å². The fourth-order valence-corrected chi connectivity index (χ4v) is 1.53. The molecule has 1 N–H and O–H groups in total. The molecule has 90 valence electrons. The summed E-state index contributed by atoms with van der Waals surface area (Å²) in [5, 5.41) is 7.53. The molecule has 0 aliphatic carbocycles. The van der Waals surface area contributed by atoms with Gasteiger partial charge in [0.05, 0.1) is 18.9 Å². The van der Waals surface area contributed by atoms with Crippen LogP contribution in [0.15, 0.2) is 24.9 Å². The Morgan fingerprint density at radius 1 is 1.62 bits per heavy atom. The van der Waals surface area contributed by atoms with Crippen LogP contribution in [0, 0.1) is 0 Å². The highest BCUT2D eigenvalue weighted by molar-refractivity contribution is 5.04. The first-order chi connectivity index (χ1) is 7.75. The summed E-state index contributed by atoms with van der Waals surface area (Å²) in [6, 6.07) is 2.33. The molecule has 4 heteroatoms. The number of ether oxygens (including phenoxy) is 1. The second-order valence-electron chi connectivity index (χ2n) is 3.75. The van der Waals surface area contributed by atoms with Crippen molar-refractivity contribution in [2.45, 2.75) is 19.4 Å². The molecular weight excluding hydrogens is 202 g/mol. The maximum Gasteiger partial charge on any atom is 0.0591 e. The van der Waals surface area contributed by atoms with Crippen molar-refractivity contribution in [1.82, 2.24) is 15.1 Å². The van der Waals surface area contributed by atoms with Gasteiger partial charge >= 0.3 is 0 Å². The summed E-state index contributed by atoms with van der Waals surface area (Å²) in [6.07, 6.45) is 4.59. The van der Waals surface area contributed by atoms with E-state index in [1.165, 1.54) is 5.69 Å². The molecule has 0 saturated heterocycles. The van der Waals surface area contributed by atoms with Crippen LogP contribution in [0.3, 0.4) is 0 Å². The first-order valence-corrected chi connectivity index (χ1v) is 5.65. The van der Waals surface area contributed by atoms with E-state index in [0.717, 1.165) is 26.2 Å². The Balaban J connectivity index is 2.13. The first-order valence-electron chi connectivity index (χ1n) is 5.65. The molecule has 0 saturated carbocycles. The highest BCUT2D eigenvalue weighted by atomic mass is 16.5. The topological polar surface area (TPSA) is 39.1 Å². The van der Waals surface area contributed by atoms with Gasteiger partial charge in [0.15, 0.2) is 0 Å². The quantitative estimate of drug-likeness (QED) is 0.538. The number of hydrogen-bond acceptors (Lipinski definition) is 3. The Hall–Kier alpha value is -1.13. The molecule has 0 bridgehead atoms. The molecule has 1 atom stereocenters. The number of nitrogens with zero attached hydrogens (tertiary/aromatic N) is 2. The predicted molar refractivity (Wildman–Crippen MR) is 65.3 cm³/mol. The van der Waals surface area contributed by atoms with E-state index in [0.29, 0.717) is 6.04 Å². The molecule has 1 rings (SSSR count). The number of aromatic nitrogens is 2. The van der Waals surface area contributed by atoms with Crippen LogP contribution in [-0.4, -0.2) is 29.5 Å². The summed E-state index contributed by atoms with van der Waals surface area (Å²) in [4.78, 5) is 0. The summed E-state index contributed by atoms with van der Waals surface area (Å²) < 4.78 is 7.30. The Kier molecular flexibility index (Phi) is 5.82. The predicted octanol–water partition coefficient (Wildman–Crippen LogP) is 1.66. The van der Waals surface area contributed by atoms with Crippen LogP contribution in [-0.2, 0) is 11.8 Å². The molecular formula is C12H21N3O. The molecule has 1 aromatic heterocycles. The Morgan fingerprint density at radius 2 is 2.44 bits per heavy atom. The Bertz CT molecular complexity index is 309. The number of aryl methyl sites for hydroxylation is 1. The zero-order valence-corrected chi connectivity index (χ0v) is 10.1. The van der Waals surface area contributed by atoms with Crippen LogP contribution in [0.5, 0.6) is 0 Å². The lowest BCUT2D eigenvalue weighted by Crippen LogP contribution is -2.25. The third-order valence-corrected chi connectivity index (χ3v) is 2.47. The molecule has 1 unspecified atom stereocenters. The summed E-state index contributed by atoms with van der Waals surface area (Å²) >= 11 is 0. The molecule has 0 radical (unpaired) electrons. The number of nitrogens with one attached hydrogen (secondary N) is 1. The minimum Gasteiger partial charge on any atom is -0.380 e. The van der Waals surface area contributed by atoms with Crippen LogP contribution in [0.1, 0.15) is 25.1 Å². The van der Waals surface area contributed by atoms with E-state index in [-0.39, 0.29) is 0 Å². The van der Waals surface area contributed by atoms with Gasteiger partial charge in [0, 0.05) is 25.8 Å². The molecule has 1 heterocycles. The number of rotatable bonds is 8. The van der Waals surface area contributed by atoms with Gasteiger partial charge in [-0.2, -0.15) is 5.10 Å². The average Bonchev–Trinajstić information content (AvgIpc) is 2.69. The maximum atomic E-state index is 5.42. The molecule has 1 aromatic rings. The van der Waals surface area contributed by atoms with E-state index in [4.69, 9.17) is 4.74 Å². The van der Waals surface area contributed by atoms with E-state index < -0.39 is 0 Å². The number of hydrogen-bond donors (Lipinski definition) is 1. The first kappa shape index (κ1) is 12.9. The van der Waals surface area contributed by atoms with Gasteiger partial charge in [-0.05, 0) is 19.4 Å². The van der Waals surface area contributed by atoms with Gasteiger partial charge in [0.1, 0.15) is 0 Å². The van der Waals surface area contributed by atoms with Crippen LogP contribution < -0.4 is 5.32 Å². The van der Waals surface area contributed by atoms with Crippen molar-refractivity contribution in [3.63, 3.8) is 0 Å². The average molecular weight is 223 g/mol. The molecule has 0 aliphatic rings. The highest BCUT2D eigenvalue weighted by Crippen LogP contribution is 2.09. The third kappa shape index (κ3) is 4.16. The van der Waals surface area contributed by atoms with Gasteiger partial charge in [-0.15, -0.1) is 6.58 Å². The van der Waals surface area contributed by atoms with Crippen molar-refractivity contribution in [2.75, 3.05) is 19.8 Å². The van der Waals surface area contributed by atoms with E-state index in [2.05, 4.69) is 23.9 Å². The minimum atomic E-state index is 0.301. The molecule has 4 nitrogen and oxygen atoms in total. The second kappa shape index (κ2) is 7.19. The van der Waals surface area contributed by atoms with E-state index >= 15 is 0 Å². The highest BCUT2D eigenvalue weighted by Gasteiger charge is 2.07. The van der Waals surface area contributed by atoms with Crippen molar-refractivity contribution in [3.8, 4) is 0 Å². The monoisotopic (exact) mass is 223 g/mol. The standard InChI is InChI=1S/C12H21N3O/c1-4-5-9-16-10-8-13-11(2)12-6-7-14-15(12)3/h4,6-7,11,13H,1,5,8-10H2,2-3H3. The molecule has 0 aromatic carbocycles. The fraction of sp³-hybridized carbons (Fsp3) is 0.583. The van der Waals surface area contributed by atoms with E-state index in [1.807, 2.05) is 30.1 Å². The molecule has 0 aliphatic heterocycles. The molecule has 16 heavy (non-hydrogen) atoms. The Labute approximate surface area is 97.3 Å². The lowest BCUT2D eigenvalue weighted by molar-refractivity contribution is 0.138. The summed E-state index contributed by atoms with van der Waals surface area (Å²) in [5.41, 5.74) is 1.19. The molecule has 0 spiro atoms. The molecule has 0 amide bonds. The van der Waals surface area contributed by atoms with Gasteiger partial charge < -0.3 is 10.1 Å². The largest absolute Gasteiger partial charge is 0.380 e. The lowest BCUT2D eigenvalue weighted by Gasteiger charge is -2.14. The second-order valence-corrected chi connectivity index (χ2v) is 3.75. The van der Waals surface area contributed by atoms with Crippen LogP contribution in [0.25, 0.3) is 0 Å². The van der Waals surface area contributed by atoms with Crippen molar-refractivity contribution in [1.29, 1.82) is 0 Å². The SMILES string of the molecule is C=CCCOCCNC(C)c1ccnn1C. The van der Waals surface area contributed by atoms with Gasteiger partial charge in [-0.1, -0.05) is 6.08 Å². The summed E-state index contributed by atoms with van der Waals surface area (Å²) in [7, 11) is 1.95. The lowest BCUT2D eigenvalue weighted by atomic mass is 10.2. The fourth-order valence-electron chi connectivity index (χ4n) is 1.53. The maximum absolute atomic E-state index is 5.42. The van der Waals surface area contributed by atoms with Gasteiger partial charge in [-0.3, -0.25) is 4.68 Å². The summed E-state index contributed by atoms with van der Waals surface area (Å²) in [6.45, 7) is 8.11. The summed E-state index contributed by atoms with van der Waals surface area (Å²) in [5.74, 6) is 0. The van der Waals surface area contributed by atoms with Gasteiger partial charge in [0.2, 0.25) is 0 Å². The van der Waals surface area contributed by atoms with Crippen LogP contribution in [0.2, 0.25) is 0 Å². The normalized spacial score (nSPS) is 12.6. The zero-order chi connectivity index (χ0) is 11.8. The van der Waals surface area contributed by atoms with Crippen molar-refractivity contribution in [3.05, 3.63) is 30.6 Å². The zero-order valence-electron chi connectivity index (χ0n) is 10.1.